The average Bonchev–Trinajstić information content (AvgIpc) is 3.63. The second-order valence-electron chi connectivity index (χ2n) is 13.2. The number of aryl methyl sites for hydroxylation is 1. The molecule has 0 saturated carbocycles. The number of hydrogen-bond donors (Lipinski definition) is 2. The van der Waals surface area contributed by atoms with Gasteiger partial charge in [-0.3, -0.25) is 14.4 Å². The van der Waals surface area contributed by atoms with Gasteiger partial charge in [-0.05, 0) is 49.0 Å². The van der Waals surface area contributed by atoms with E-state index >= 15 is 0 Å². The summed E-state index contributed by atoms with van der Waals surface area (Å²) in [6.45, 7) is 18.9. The minimum Gasteiger partial charge on any atom is -0.412 e. The van der Waals surface area contributed by atoms with Crippen LogP contribution in [-0.2, 0) is 14.0 Å². The Morgan fingerprint density at radius 1 is 1.19 bits per heavy atom. The molecule has 2 amide bonds. The summed E-state index contributed by atoms with van der Waals surface area (Å²) in [6.07, 6.45) is 0.135. The zero-order chi connectivity index (χ0) is 31.0. The van der Waals surface area contributed by atoms with Crippen LogP contribution in [0.25, 0.3) is 10.4 Å². The first-order valence-corrected chi connectivity index (χ1v) is 18.4. The molecule has 9 nitrogen and oxygen atoms in total. The van der Waals surface area contributed by atoms with Gasteiger partial charge in [-0.2, -0.15) is 5.16 Å². The van der Waals surface area contributed by atoms with Crippen LogP contribution in [0.1, 0.15) is 76.9 Å². The Kier molecular flexibility index (Phi) is 9.34. The number of nitrogens with zero attached hydrogens (tertiary/aromatic N) is 2. The van der Waals surface area contributed by atoms with Gasteiger partial charge in [-0.1, -0.05) is 58.9 Å². The van der Waals surface area contributed by atoms with Crippen LogP contribution in [0.4, 0.5) is 0 Å². The fraction of sp³-hybridized carbons (Fsp3) is 0.548. The molecule has 3 aromatic rings. The lowest BCUT2D eigenvalue weighted by atomic mass is 9.91. The smallest absolute Gasteiger partial charge is 0.280 e. The summed E-state index contributed by atoms with van der Waals surface area (Å²) in [5, 5.41) is 5.43. The van der Waals surface area contributed by atoms with E-state index < -0.39 is 25.8 Å². The molecule has 2 aromatic heterocycles. The molecule has 0 spiro atoms. The highest BCUT2D eigenvalue weighted by atomic mass is 32.1. The molecule has 1 aliphatic heterocycles. The van der Waals surface area contributed by atoms with E-state index in [0.29, 0.717) is 13.0 Å². The van der Waals surface area contributed by atoms with Crippen LogP contribution >= 0.6 is 11.3 Å². The second-order valence-corrected chi connectivity index (χ2v) is 18.8. The van der Waals surface area contributed by atoms with Crippen molar-refractivity contribution in [2.45, 2.75) is 97.1 Å². The van der Waals surface area contributed by atoms with E-state index in [4.69, 9.17) is 8.95 Å². The zero-order valence-corrected chi connectivity index (χ0v) is 27.9. The SMILES string of the molecule is Cc1ncsc1-c1ccc([C@H](C)NC(=O)C2C[C@@H](O[Si](C)(C)C(C)(C)C)CN2C(=O)C(c2cc(=O)[nH]o2)C(C)C)cc1. The molecule has 11 heteroatoms. The van der Waals surface area contributed by atoms with E-state index in [1.807, 2.05) is 57.5 Å². The molecule has 42 heavy (non-hydrogen) atoms. The van der Waals surface area contributed by atoms with Gasteiger partial charge in [-0.25, -0.2) is 4.98 Å². The van der Waals surface area contributed by atoms with Gasteiger partial charge in [0, 0.05) is 19.0 Å². The molecule has 1 fully saturated rings. The Balaban J connectivity index is 1.57. The average molecular weight is 613 g/mol. The van der Waals surface area contributed by atoms with Crippen LogP contribution in [0.5, 0.6) is 0 Å². The first-order valence-electron chi connectivity index (χ1n) is 14.6. The van der Waals surface area contributed by atoms with Crippen molar-refractivity contribution in [1.29, 1.82) is 0 Å². The van der Waals surface area contributed by atoms with E-state index in [-0.39, 0.29) is 40.7 Å². The Bertz CT molecular complexity index is 1450. The summed E-state index contributed by atoms with van der Waals surface area (Å²) in [5.41, 5.74) is 4.49. The summed E-state index contributed by atoms with van der Waals surface area (Å²) < 4.78 is 12.1. The van der Waals surface area contributed by atoms with E-state index in [1.54, 1.807) is 16.2 Å². The third-order valence-electron chi connectivity index (χ3n) is 8.68. The molecule has 4 rings (SSSR count). The largest absolute Gasteiger partial charge is 0.412 e. The molecule has 228 valence electrons. The minimum absolute atomic E-state index is 0.0183. The second kappa shape index (κ2) is 12.3. The van der Waals surface area contributed by atoms with Crippen molar-refractivity contribution in [2.75, 3.05) is 6.54 Å². The van der Waals surface area contributed by atoms with Gasteiger partial charge in [-0.15, -0.1) is 11.3 Å². The van der Waals surface area contributed by atoms with Crippen LogP contribution in [-0.4, -0.2) is 53.9 Å². The molecular formula is C31H44N4O5SSi. The lowest BCUT2D eigenvalue weighted by molar-refractivity contribution is -0.141. The van der Waals surface area contributed by atoms with Crippen LogP contribution < -0.4 is 10.9 Å². The van der Waals surface area contributed by atoms with Crippen molar-refractivity contribution >= 4 is 31.5 Å². The fourth-order valence-electron chi connectivity index (χ4n) is 5.23. The molecule has 2 N–H and O–H groups in total. The number of aromatic nitrogens is 2. The van der Waals surface area contributed by atoms with Gasteiger partial charge >= 0.3 is 0 Å². The Hall–Kier alpha value is -3.02. The number of carbonyl (C=O) groups is 2. The first kappa shape index (κ1) is 31.9. The van der Waals surface area contributed by atoms with E-state index in [2.05, 4.69) is 49.3 Å². The maximum Gasteiger partial charge on any atom is 0.280 e. The van der Waals surface area contributed by atoms with Crippen LogP contribution in [0.15, 0.2) is 45.2 Å². The standard InChI is InChI=1S/C31H44N4O5SSi/c1-18(2)27(25-15-26(36)34-39-25)30(38)35-16-23(40-42(8,9)31(5,6)7)14-24(35)29(37)33-19(3)21-10-12-22(13-11-21)28-20(4)32-17-41-28/h10-13,15,17-19,23-24,27H,14,16H2,1-9H3,(H,33,37)(H,34,36)/t19-,23+,24?,27?/m0/s1. The molecular weight excluding hydrogens is 569 g/mol. The Morgan fingerprint density at radius 3 is 2.38 bits per heavy atom. The molecule has 4 atom stereocenters. The third-order valence-corrected chi connectivity index (χ3v) is 14.2. The highest BCUT2D eigenvalue weighted by Gasteiger charge is 2.47. The topological polar surface area (TPSA) is 118 Å². The van der Waals surface area contributed by atoms with Gasteiger partial charge in [0.1, 0.15) is 12.0 Å². The summed E-state index contributed by atoms with van der Waals surface area (Å²) >= 11 is 1.60. The van der Waals surface area contributed by atoms with E-state index in [0.717, 1.165) is 21.7 Å². The predicted molar refractivity (Wildman–Crippen MR) is 168 cm³/mol. The summed E-state index contributed by atoms with van der Waals surface area (Å²) in [6, 6.07) is 8.47. The molecule has 3 heterocycles. The number of aromatic amines is 1. The van der Waals surface area contributed by atoms with E-state index in [1.165, 1.54) is 6.07 Å². The van der Waals surface area contributed by atoms with Crippen molar-refractivity contribution in [3.05, 3.63) is 63.2 Å². The van der Waals surface area contributed by atoms with Crippen LogP contribution in [0, 0.1) is 12.8 Å². The van der Waals surface area contributed by atoms with Gasteiger partial charge in [0.15, 0.2) is 14.1 Å². The third kappa shape index (κ3) is 6.79. The normalized spacial score (nSPS) is 19.2. The molecule has 1 aliphatic rings. The number of benzene rings is 1. The van der Waals surface area contributed by atoms with Crippen molar-refractivity contribution < 1.29 is 18.5 Å². The number of H-pyrrole nitrogens is 1. The molecule has 2 unspecified atom stereocenters. The van der Waals surface area contributed by atoms with Crippen molar-refractivity contribution in [3.8, 4) is 10.4 Å². The van der Waals surface area contributed by atoms with Gasteiger partial charge in [0.25, 0.3) is 5.56 Å². The van der Waals surface area contributed by atoms with Gasteiger partial charge < -0.3 is 19.2 Å². The summed E-state index contributed by atoms with van der Waals surface area (Å²) in [4.78, 5) is 46.9. The van der Waals surface area contributed by atoms with E-state index in [9.17, 15) is 14.4 Å². The Labute approximate surface area is 253 Å². The van der Waals surface area contributed by atoms with Gasteiger partial charge in [0.2, 0.25) is 11.8 Å². The van der Waals surface area contributed by atoms with Gasteiger partial charge in [0.05, 0.1) is 28.2 Å². The highest BCUT2D eigenvalue weighted by Crippen LogP contribution is 2.40. The molecule has 0 radical (unpaired) electrons. The zero-order valence-electron chi connectivity index (χ0n) is 26.1. The summed E-state index contributed by atoms with van der Waals surface area (Å²) in [7, 11) is -2.16. The first-order chi connectivity index (χ1) is 19.6. The van der Waals surface area contributed by atoms with Crippen molar-refractivity contribution in [1.82, 2.24) is 20.4 Å². The number of hydrogen-bond acceptors (Lipinski definition) is 7. The molecule has 0 aliphatic carbocycles. The minimum atomic E-state index is -2.16. The number of thiazole rings is 1. The lowest BCUT2D eigenvalue weighted by Crippen LogP contribution is -2.48. The fourth-order valence-corrected chi connectivity index (χ4v) is 7.40. The quantitative estimate of drug-likeness (QED) is 0.286. The molecule has 1 saturated heterocycles. The number of rotatable bonds is 9. The number of nitrogens with one attached hydrogen (secondary N) is 2. The van der Waals surface area contributed by atoms with Crippen molar-refractivity contribution in [3.63, 3.8) is 0 Å². The molecule has 1 aromatic carbocycles. The highest BCUT2D eigenvalue weighted by molar-refractivity contribution is 7.13. The lowest BCUT2D eigenvalue weighted by Gasteiger charge is -2.38. The summed E-state index contributed by atoms with van der Waals surface area (Å²) in [5.74, 6) is -1.05. The van der Waals surface area contributed by atoms with Crippen molar-refractivity contribution in [2.24, 2.45) is 5.92 Å². The Morgan fingerprint density at radius 2 is 1.86 bits per heavy atom. The monoisotopic (exact) mass is 612 g/mol. The maximum atomic E-state index is 14.1. The molecule has 0 bridgehead atoms. The van der Waals surface area contributed by atoms with Crippen LogP contribution in [0.3, 0.4) is 0 Å². The van der Waals surface area contributed by atoms with Crippen LogP contribution in [0.2, 0.25) is 18.1 Å². The number of amides is 2. The predicted octanol–water partition coefficient (Wildman–Crippen LogP) is 6.01. The number of carbonyl (C=O) groups excluding carboxylic acids is 2. The maximum absolute atomic E-state index is 14.1. The number of likely N-dealkylation sites (tertiary alicyclic amines) is 1.